The predicted molar refractivity (Wildman–Crippen MR) is 100 cm³/mol. The zero-order valence-electron chi connectivity index (χ0n) is 13.1. The Bertz CT molecular complexity index is 450. The summed E-state index contributed by atoms with van der Waals surface area (Å²) >= 11 is 1.70. The van der Waals surface area contributed by atoms with Gasteiger partial charge in [0.1, 0.15) is 0 Å². The van der Waals surface area contributed by atoms with Crippen molar-refractivity contribution in [1.29, 1.82) is 0 Å². The van der Waals surface area contributed by atoms with Gasteiger partial charge in [-0.1, -0.05) is 0 Å². The van der Waals surface area contributed by atoms with Gasteiger partial charge in [-0.25, -0.2) is 4.98 Å². The maximum absolute atomic E-state index is 5.72. The van der Waals surface area contributed by atoms with E-state index in [1.165, 1.54) is 4.88 Å². The van der Waals surface area contributed by atoms with E-state index in [1.807, 2.05) is 13.1 Å². The van der Waals surface area contributed by atoms with E-state index in [0.717, 1.165) is 56.7 Å². The van der Waals surface area contributed by atoms with Crippen LogP contribution in [0.5, 0.6) is 0 Å². The number of hydrogen-bond donors (Lipinski definition) is 2. The molecule has 0 saturated carbocycles. The SMILES string of the molecule is CN=C(NCCCOC1CCOC1)NCc1cnc(C)s1.I. The van der Waals surface area contributed by atoms with Gasteiger partial charge in [-0.15, -0.1) is 35.3 Å². The fourth-order valence-electron chi connectivity index (χ4n) is 2.05. The van der Waals surface area contributed by atoms with Crippen LogP contribution in [0.3, 0.4) is 0 Å². The average molecular weight is 440 g/mol. The van der Waals surface area contributed by atoms with Crippen molar-refractivity contribution < 1.29 is 9.47 Å². The third-order valence-corrected chi connectivity index (χ3v) is 4.09. The number of aromatic nitrogens is 1. The van der Waals surface area contributed by atoms with E-state index >= 15 is 0 Å². The molecule has 0 aliphatic carbocycles. The highest BCUT2D eigenvalue weighted by Crippen LogP contribution is 2.10. The van der Waals surface area contributed by atoms with E-state index in [2.05, 4.69) is 20.6 Å². The van der Waals surface area contributed by atoms with Crippen LogP contribution in [0.15, 0.2) is 11.2 Å². The standard InChI is InChI=1S/C14H24N4O2S.HI/c1-11-17-8-13(21-11)9-18-14(15-2)16-5-3-6-20-12-4-7-19-10-12;/h8,12H,3-7,9-10H2,1-2H3,(H2,15,16,18);1H. The van der Waals surface area contributed by atoms with E-state index in [-0.39, 0.29) is 30.1 Å². The number of hydrogen-bond acceptors (Lipinski definition) is 5. The molecule has 22 heavy (non-hydrogen) atoms. The highest BCUT2D eigenvalue weighted by Gasteiger charge is 2.15. The Hall–Kier alpha value is -0.450. The molecule has 1 aromatic rings. The lowest BCUT2D eigenvalue weighted by Gasteiger charge is -2.12. The second kappa shape index (κ2) is 11.1. The Balaban J connectivity index is 0.00000242. The Morgan fingerprint density at radius 2 is 2.41 bits per heavy atom. The van der Waals surface area contributed by atoms with E-state index in [9.17, 15) is 0 Å². The third-order valence-electron chi connectivity index (χ3n) is 3.18. The Labute approximate surface area is 153 Å². The van der Waals surface area contributed by atoms with Gasteiger partial charge in [0.05, 0.1) is 24.3 Å². The molecule has 0 spiro atoms. The van der Waals surface area contributed by atoms with E-state index in [1.54, 1.807) is 18.4 Å². The summed E-state index contributed by atoms with van der Waals surface area (Å²) in [5, 5.41) is 7.65. The van der Waals surface area contributed by atoms with Crippen LogP contribution in [0.1, 0.15) is 22.7 Å². The van der Waals surface area contributed by atoms with Crippen LogP contribution in [-0.2, 0) is 16.0 Å². The molecule has 2 rings (SSSR count). The fourth-order valence-corrected chi connectivity index (χ4v) is 2.79. The summed E-state index contributed by atoms with van der Waals surface area (Å²) in [4.78, 5) is 9.65. The molecule has 0 amide bonds. The number of halogens is 1. The van der Waals surface area contributed by atoms with Gasteiger partial charge in [0.15, 0.2) is 5.96 Å². The minimum absolute atomic E-state index is 0. The first-order valence-electron chi connectivity index (χ1n) is 7.33. The van der Waals surface area contributed by atoms with Crippen molar-refractivity contribution >= 4 is 41.3 Å². The van der Waals surface area contributed by atoms with Crippen LogP contribution in [0.2, 0.25) is 0 Å². The molecular weight excluding hydrogens is 415 g/mol. The molecule has 8 heteroatoms. The number of aliphatic imine (C=N–C) groups is 1. The molecule has 1 atom stereocenters. The lowest BCUT2D eigenvalue weighted by molar-refractivity contribution is 0.0420. The number of thiazole rings is 1. The van der Waals surface area contributed by atoms with E-state index < -0.39 is 0 Å². The number of nitrogens with zero attached hydrogens (tertiary/aromatic N) is 2. The monoisotopic (exact) mass is 440 g/mol. The number of guanidine groups is 1. The minimum atomic E-state index is 0. The lowest BCUT2D eigenvalue weighted by atomic mass is 10.3. The van der Waals surface area contributed by atoms with E-state index in [4.69, 9.17) is 9.47 Å². The molecule has 1 aliphatic heterocycles. The van der Waals surface area contributed by atoms with Gasteiger partial charge in [-0.3, -0.25) is 4.99 Å². The molecule has 1 aliphatic rings. The first-order valence-corrected chi connectivity index (χ1v) is 8.14. The van der Waals surface area contributed by atoms with Crippen molar-refractivity contribution in [1.82, 2.24) is 15.6 Å². The van der Waals surface area contributed by atoms with Crippen LogP contribution in [-0.4, -0.2) is 50.5 Å². The highest BCUT2D eigenvalue weighted by atomic mass is 127. The summed E-state index contributed by atoms with van der Waals surface area (Å²) in [6, 6.07) is 0. The Morgan fingerprint density at radius 3 is 3.05 bits per heavy atom. The second-order valence-corrected chi connectivity index (χ2v) is 6.23. The van der Waals surface area contributed by atoms with Gasteiger partial charge in [0.2, 0.25) is 0 Å². The van der Waals surface area contributed by atoms with E-state index in [0.29, 0.717) is 0 Å². The lowest BCUT2D eigenvalue weighted by Crippen LogP contribution is -2.37. The summed E-state index contributed by atoms with van der Waals surface area (Å²) in [6.45, 7) is 5.93. The van der Waals surface area contributed by atoms with Crippen LogP contribution >= 0.6 is 35.3 Å². The number of rotatable bonds is 7. The zero-order valence-corrected chi connectivity index (χ0v) is 16.3. The molecule has 0 radical (unpaired) electrons. The van der Waals surface area contributed by atoms with Crippen LogP contribution < -0.4 is 10.6 Å². The number of ether oxygens (including phenoxy) is 2. The van der Waals surface area contributed by atoms with Crippen LogP contribution in [0, 0.1) is 6.92 Å². The number of nitrogens with one attached hydrogen (secondary N) is 2. The molecule has 2 N–H and O–H groups in total. The van der Waals surface area contributed by atoms with Gasteiger partial charge >= 0.3 is 0 Å². The smallest absolute Gasteiger partial charge is 0.191 e. The summed E-state index contributed by atoms with van der Waals surface area (Å²) in [6.07, 6.45) is 4.16. The van der Waals surface area contributed by atoms with Crippen LogP contribution in [0.4, 0.5) is 0 Å². The van der Waals surface area contributed by atoms with Crippen molar-refractivity contribution in [2.45, 2.75) is 32.4 Å². The van der Waals surface area contributed by atoms with Gasteiger partial charge < -0.3 is 20.1 Å². The van der Waals surface area contributed by atoms with Crippen molar-refractivity contribution in [2.75, 3.05) is 33.4 Å². The maximum Gasteiger partial charge on any atom is 0.191 e. The zero-order chi connectivity index (χ0) is 14.9. The summed E-state index contributed by atoms with van der Waals surface area (Å²) < 4.78 is 11.0. The summed E-state index contributed by atoms with van der Waals surface area (Å²) in [5.41, 5.74) is 0. The Morgan fingerprint density at radius 1 is 1.55 bits per heavy atom. The molecule has 1 aromatic heterocycles. The molecule has 0 aromatic carbocycles. The van der Waals surface area contributed by atoms with Crippen LogP contribution in [0.25, 0.3) is 0 Å². The van der Waals surface area contributed by atoms with Crippen molar-refractivity contribution in [3.8, 4) is 0 Å². The third kappa shape index (κ3) is 7.21. The normalized spacial score (nSPS) is 18.1. The summed E-state index contributed by atoms with van der Waals surface area (Å²) in [7, 11) is 1.78. The molecule has 2 heterocycles. The maximum atomic E-state index is 5.72. The first-order chi connectivity index (χ1) is 10.3. The van der Waals surface area contributed by atoms with Crippen molar-refractivity contribution in [3.63, 3.8) is 0 Å². The van der Waals surface area contributed by atoms with Gasteiger partial charge in [0.25, 0.3) is 0 Å². The molecule has 1 unspecified atom stereocenters. The second-order valence-electron chi connectivity index (χ2n) is 4.91. The molecule has 0 bridgehead atoms. The van der Waals surface area contributed by atoms with Crippen molar-refractivity contribution in [3.05, 3.63) is 16.1 Å². The topological polar surface area (TPSA) is 67.8 Å². The minimum Gasteiger partial charge on any atom is -0.379 e. The van der Waals surface area contributed by atoms with Crippen molar-refractivity contribution in [2.24, 2.45) is 4.99 Å². The number of aryl methyl sites for hydroxylation is 1. The quantitative estimate of drug-likeness (QED) is 0.294. The van der Waals surface area contributed by atoms with Gasteiger partial charge in [-0.2, -0.15) is 0 Å². The average Bonchev–Trinajstić information content (AvgIpc) is 3.13. The molecule has 126 valence electrons. The van der Waals surface area contributed by atoms with Gasteiger partial charge in [0, 0.05) is 37.9 Å². The fraction of sp³-hybridized carbons (Fsp3) is 0.714. The first kappa shape index (κ1) is 19.6. The summed E-state index contributed by atoms with van der Waals surface area (Å²) in [5.74, 6) is 0.810. The predicted octanol–water partition coefficient (Wildman–Crippen LogP) is 1.93. The molecule has 1 saturated heterocycles. The molecule has 1 fully saturated rings. The molecule has 6 nitrogen and oxygen atoms in total. The Kier molecular flexibility index (Phi) is 9.92. The largest absolute Gasteiger partial charge is 0.379 e. The van der Waals surface area contributed by atoms with Gasteiger partial charge in [-0.05, 0) is 19.8 Å². The highest BCUT2D eigenvalue weighted by molar-refractivity contribution is 14.0. The molecular formula is C14H25IN4O2S.